The van der Waals surface area contributed by atoms with Crippen LogP contribution >= 0.6 is 0 Å². The highest BCUT2D eigenvalue weighted by molar-refractivity contribution is 4.98. The molecule has 1 aromatic rings. The monoisotopic (exact) mass is 217 g/mol. The Morgan fingerprint density at radius 3 is 2.45 bits per heavy atom. The van der Waals surface area contributed by atoms with E-state index in [1.165, 1.54) is 0 Å². The highest BCUT2D eigenvalue weighted by atomic mass is 79.9. The van der Waals surface area contributed by atoms with Crippen LogP contribution < -0.4 is 21.5 Å². The van der Waals surface area contributed by atoms with Crippen molar-refractivity contribution in [2.45, 2.75) is 13.0 Å². The average Bonchev–Trinajstić information content (AvgIpc) is 1.88. The lowest BCUT2D eigenvalue weighted by atomic mass is 10.2. The van der Waals surface area contributed by atoms with E-state index in [0.717, 1.165) is 5.69 Å². The number of halogens is 1. The molecule has 1 unspecified atom stereocenters. The van der Waals surface area contributed by atoms with Crippen molar-refractivity contribution in [3.63, 3.8) is 0 Å². The van der Waals surface area contributed by atoms with Gasteiger partial charge in [-0.15, -0.1) is 0 Å². The minimum atomic E-state index is -0.383. The van der Waals surface area contributed by atoms with Gasteiger partial charge >= 0.3 is 0 Å². The number of pyridine rings is 1. The van der Waals surface area contributed by atoms with Crippen molar-refractivity contribution in [1.82, 2.24) is 0 Å². The molecule has 3 heteroatoms. The van der Waals surface area contributed by atoms with Gasteiger partial charge in [0.1, 0.15) is 13.2 Å². The lowest BCUT2D eigenvalue weighted by Crippen LogP contribution is -3.00. The van der Waals surface area contributed by atoms with Gasteiger partial charge in [0.05, 0.1) is 0 Å². The molecule has 0 aliphatic rings. The molecule has 2 nitrogen and oxygen atoms in total. The van der Waals surface area contributed by atoms with Crippen LogP contribution in [0, 0.1) is 0 Å². The number of aliphatic hydroxyl groups excluding tert-OH is 1. The third-order valence-electron chi connectivity index (χ3n) is 1.52. The predicted molar refractivity (Wildman–Crippen MR) is 38.3 cm³/mol. The summed E-state index contributed by atoms with van der Waals surface area (Å²) >= 11 is 0. The smallest absolute Gasteiger partial charge is 0.209 e. The Kier molecular flexibility index (Phi) is 4.30. The predicted octanol–water partition coefficient (Wildman–Crippen LogP) is -2.43. The van der Waals surface area contributed by atoms with Crippen molar-refractivity contribution < 1.29 is 26.7 Å². The van der Waals surface area contributed by atoms with E-state index in [2.05, 4.69) is 0 Å². The van der Waals surface area contributed by atoms with E-state index in [4.69, 9.17) is 0 Å². The molecule has 0 saturated heterocycles. The lowest BCUT2D eigenvalue weighted by Gasteiger charge is -1.99. The van der Waals surface area contributed by atoms with Crippen molar-refractivity contribution in [2.75, 3.05) is 0 Å². The molecule has 0 radical (unpaired) electrons. The van der Waals surface area contributed by atoms with Gasteiger partial charge in [0.2, 0.25) is 5.69 Å². The zero-order chi connectivity index (χ0) is 7.56. The third-order valence-corrected chi connectivity index (χ3v) is 1.52. The molecule has 0 amide bonds. The van der Waals surface area contributed by atoms with Gasteiger partial charge in [-0.25, -0.2) is 4.57 Å². The van der Waals surface area contributed by atoms with Crippen molar-refractivity contribution in [2.24, 2.45) is 7.05 Å². The number of aromatic nitrogens is 1. The number of rotatable bonds is 1. The van der Waals surface area contributed by atoms with Crippen molar-refractivity contribution >= 4 is 0 Å². The molecule has 1 N–H and O–H groups in total. The maximum Gasteiger partial charge on any atom is 0.209 e. The van der Waals surface area contributed by atoms with E-state index < -0.39 is 0 Å². The van der Waals surface area contributed by atoms with Gasteiger partial charge < -0.3 is 22.1 Å². The summed E-state index contributed by atoms with van der Waals surface area (Å²) in [5.74, 6) is 0. The number of aryl methyl sites for hydroxylation is 1. The molecule has 62 valence electrons. The van der Waals surface area contributed by atoms with Gasteiger partial charge in [-0.3, -0.25) is 0 Å². The van der Waals surface area contributed by atoms with E-state index in [1.807, 2.05) is 36.0 Å². The van der Waals surface area contributed by atoms with Crippen LogP contribution in [0.3, 0.4) is 0 Å². The normalized spacial score (nSPS) is 11.9. The second-order valence-electron chi connectivity index (χ2n) is 2.41. The van der Waals surface area contributed by atoms with Crippen LogP contribution in [-0.4, -0.2) is 5.11 Å². The maximum absolute atomic E-state index is 9.18. The maximum atomic E-state index is 9.18. The SMILES string of the molecule is CC(O)c1cccc[n+]1C.[Br-]. The first kappa shape index (κ1) is 10.6. The summed E-state index contributed by atoms with van der Waals surface area (Å²) in [7, 11) is 1.92. The van der Waals surface area contributed by atoms with E-state index in [9.17, 15) is 5.11 Å². The van der Waals surface area contributed by atoms with Crippen LogP contribution in [0.25, 0.3) is 0 Å². The molecule has 0 aliphatic heterocycles. The molecule has 0 bridgehead atoms. The molecule has 0 aliphatic carbocycles. The van der Waals surface area contributed by atoms with Crippen LogP contribution in [0.1, 0.15) is 18.7 Å². The second kappa shape index (κ2) is 4.46. The van der Waals surface area contributed by atoms with E-state index >= 15 is 0 Å². The Labute approximate surface area is 77.3 Å². The third kappa shape index (κ3) is 2.60. The molecule has 1 heterocycles. The minimum Gasteiger partial charge on any atom is -1.00 e. The number of hydrogen-bond acceptors (Lipinski definition) is 1. The van der Waals surface area contributed by atoms with E-state index in [-0.39, 0.29) is 23.1 Å². The Morgan fingerprint density at radius 2 is 2.09 bits per heavy atom. The largest absolute Gasteiger partial charge is 1.00 e. The van der Waals surface area contributed by atoms with Crippen molar-refractivity contribution in [3.05, 3.63) is 30.1 Å². The molecule has 1 rings (SSSR count). The van der Waals surface area contributed by atoms with Crippen LogP contribution in [0.15, 0.2) is 24.4 Å². The molecule has 1 aromatic heterocycles. The van der Waals surface area contributed by atoms with E-state index in [1.54, 1.807) is 6.92 Å². The van der Waals surface area contributed by atoms with Crippen molar-refractivity contribution in [1.29, 1.82) is 0 Å². The Balaban J connectivity index is 0.000001000. The summed E-state index contributed by atoms with van der Waals surface area (Å²) in [6.45, 7) is 1.76. The van der Waals surface area contributed by atoms with Crippen LogP contribution in [0.2, 0.25) is 0 Å². The first-order valence-electron chi connectivity index (χ1n) is 3.34. The summed E-state index contributed by atoms with van der Waals surface area (Å²) in [6.07, 6.45) is 1.54. The lowest BCUT2D eigenvalue weighted by molar-refractivity contribution is -0.682. The summed E-state index contributed by atoms with van der Waals surface area (Å²) in [5.41, 5.74) is 0.933. The fourth-order valence-electron chi connectivity index (χ4n) is 0.971. The van der Waals surface area contributed by atoms with Gasteiger partial charge in [-0.05, 0) is 6.92 Å². The van der Waals surface area contributed by atoms with Crippen LogP contribution in [0.4, 0.5) is 0 Å². The first-order valence-corrected chi connectivity index (χ1v) is 3.34. The minimum absolute atomic E-state index is 0. The van der Waals surface area contributed by atoms with Gasteiger partial charge in [0, 0.05) is 12.1 Å². The van der Waals surface area contributed by atoms with Gasteiger partial charge in [-0.1, -0.05) is 6.07 Å². The van der Waals surface area contributed by atoms with Gasteiger partial charge in [-0.2, -0.15) is 0 Å². The number of aliphatic hydroxyl groups is 1. The molecular formula is C8H12BrNO. The van der Waals surface area contributed by atoms with Gasteiger partial charge in [0.15, 0.2) is 6.20 Å². The highest BCUT2D eigenvalue weighted by Gasteiger charge is 2.09. The Morgan fingerprint density at radius 1 is 1.45 bits per heavy atom. The number of hydrogen-bond donors (Lipinski definition) is 1. The van der Waals surface area contributed by atoms with Crippen LogP contribution in [0.5, 0.6) is 0 Å². The fourth-order valence-corrected chi connectivity index (χ4v) is 0.971. The zero-order valence-corrected chi connectivity index (χ0v) is 8.25. The fraction of sp³-hybridized carbons (Fsp3) is 0.375. The highest BCUT2D eigenvalue weighted by Crippen LogP contribution is 2.03. The summed E-state index contributed by atoms with van der Waals surface area (Å²) in [5, 5.41) is 9.18. The average molecular weight is 218 g/mol. The van der Waals surface area contributed by atoms with Gasteiger partial charge in [0.25, 0.3) is 0 Å². The standard InChI is InChI=1S/C8H12NO.BrH/c1-7(10)8-5-3-4-6-9(8)2;/h3-7,10H,1-2H3;1H/q+1;/p-1. The van der Waals surface area contributed by atoms with E-state index in [0.29, 0.717) is 0 Å². The quantitative estimate of drug-likeness (QED) is 0.521. The first-order chi connectivity index (χ1) is 4.72. The molecule has 1 atom stereocenters. The molecular weight excluding hydrogens is 206 g/mol. The second-order valence-corrected chi connectivity index (χ2v) is 2.41. The molecule has 0 saturated carbocycles. The molecule has 0 fully saturated rings. The Hall–Kier alpha value is -0.410. The van der Waals surface area contributed by atoms with Crippen molar-refractivity contribution in [3.8, 4) is 0 Å². The summed E-state index contributed by atoms with van der Waals surface area (Å²) in [4.78, 5) is 0. The molecule has 0 aromatic carbocycles. The van der Waals surface area contributed by atoms with Crippen LogP contribution in [-0.2, 0) is 7.05 Å². The summed E-state index contributed by atoms with van der Waals surface area (Å²) in [6, 6.07) is 5.76. The Bertz CT molecular complexity index is 225. The zero-order valence-electron chi connectivity index (χ0n) is 6.66. The molecule has 11 heavy (non-hydrogen) atoms. The molecule has 0 spiro atoms. The topological polar surface area (TPSA) is 24.1 Å². The summed E-state index contributed by atoms with van der Waals surface area (Å²) < 4.78 is 1.91. The number of nitrogens with zero attached hydrogens (tertiary/aromatic N) is 1.